The number of nitrogens with one attached hydrogen (secondary N) is 2. The van der Waals surface area contributed by atoms with E-state index < -0.39 is 33.2 Å². The Hall–Kier alpha value is -1.74. The fraction of sp³-hybridized carbons (Fsp3) is 0.417. The number of sulfonamides is 1. The molecule has 0 amide bonds. The molecule has 0 unspecified atom stereocenters. The van der Waals surface area contributed by atoms with Crippen molar-refractivity contribution in [3.05, 3.63) is 29.3 Å². The van der Waals surface area contributed by atoms with Crippen molar-refractivity contribution in [2.75, 3.05) is 31.8 Å². The highest BCUT2D eigenvalue weighted by Crippen LogP contribution is 2.21. The molecule has 0 heterocycles. The van der Waals surface area contributed by atoms with Gasteiger partial charge in [-0.25, -0.2) is 26.7 Å². The first kappa shape index (κ1) is 17.3. The minimum atomic E-state index is -3.27. The molecule has 9 heteroatoms. The summed E-state index contributed by atoms with van der Waals surface area (Å²) in [4.78, 5) is 11.2. The molecule has 0 saturated heterocycles. The molecule has 0 aliphatic rings. The fourth-order valence-corrected chi connectivity index (χ4v) is 2.04. The van der Waals surface area contributed by atoms with Crippen LogP contribution in [0.3, 0.4) is 0 Å². The Kier molecular flexibility index (Phi) is 6.03. The molecule has 0 aliphatic carbocycles. The molecule has 6 nitrogen and oxygen atoms in total. The monoisotopic (exact) mass is 322 g/mol. The van der Waals surface area contributed by atoms with Crippen LogP contribution in [-0.2, 0) is 14.8 Å². The molecular weight excluding hydrogens is 306 g/mol. The van der Waals surface area contributed by atoms with Gasteiger partial charge >= 0.3 is 5.97 Å². The van der Waals surface area contributed by atoms with E-state index in [2.05, 4.69) is 14.8 Å². The van der Waals surface area contributed by atoms with Gasteiger partial charge in [0.05, 0.1) is 24.6 Å². The van der Waals surface area contributed by atoms with Crippen LogP contribution in [0.1, 0.15) is 16.8 Å². The molecule has 21 heavy (non-hydrogen) atoms. The summed E-state index contributed by atoms with van der Waals surface area (Å²) < 4.78 is 55.5. The zero-order valence-electron chi connectivity index (χ0n) is 11.6. The summed E-state index contributed by atoms with van der Waals surface area (Å²) in [6.45, 7) is 0.409. The SMILES string of the molecule is COC(=O)c1ccc(NCCCNS(C)(=O)=O)c(F)c1F. The van der Waals surface area contributed by atoms with Crippen LogP contribution in [0.15, 0.2) is 12.1 Å². The predicted molar refractivity (Wildman–Crippen MR) is 73.7 cm³/mol. The molecule has 1 aromatic carbocycles. The number of esters is 1. The lowest BCUT2D eigenvalue weighted by Crippen LogP contribution is -2.24. The summed E-state index contributed by atoms with van der Waals surface area (Å²) in [5.41, 5.74) is -0.598. The third kappa shape index (κ3) is 5.27. The van der Waals surface area contributed by atoms with Gasteiger partial charge < -0.3 is 10.1 Å². The van der Waals surface area contributed by atoms with Gasteiger partial charge in [0.15, 0.2) is 11.6 Å². The lowest BCUT2D eigenvalue weighted by Gasteiger charge is -2.10. The average Bonchev–Trinajstić information content (AvgIpc) is 2.41. The maximum absolute atomic E-state index is 13.7. The van der Waals surface area contributed by atoms with Crippen molar-refractivity contribution < 1.29 is 26.7 Å². The van der Waals surface area contributed by atoms with Gasteiger partial charge in [-0.15, -0.1) is 0 Å². The second-order valence-electron chi connectivity index (χ2n) is 4.23. The number of methoxy groups -OCH3 is 1. The smallest absolute Gasteiger partial charge is 0.340 e. The molecule has 0 bridgehead atoms. The summed E-state index contributed by atoms with van der Waals surface area (Å²) in [5, 5.41) is 2.62. The molecule has 118 valence electrons. The van der Waals surface area contributed by atoms with Gasteiger partial charge in [-0.3, -0.25) is 0 Å². The molecule has 0 aliphatic heterocycles. The number of rotatable bonds is 7. The van der Waals surface area contributed by atoms with Crippen molar-refractivity contribution in [3.63, 3.8) is 0 Å². The quantitative estimate of drug-likeness (QED) is 0.580. The fourth-order valence-electron chi connectivity index (χ4n) is 1.52. The summed E-state index contributed by atoms with van der Waals surface area (Å²) >= 11 is 0. The number of anilines is 1. The van der Waals surface area contributed by atoms with E-state index in [1.165, 1.54) is 6.07 Å². The van der Waals surface area contributed by atoms with Gasteiger partial charge in [-0.05, 0) is 18.6 Å². The second-order valence-corrected chi connectivity index (χ2v) is 6.06. The molecule has 0 fully saturated rings. The maximum atomic E-state index is 13.7. The van der Waals surface area contributed by atoms with Crippen LogP contribution < -0.4 is 10.0 Å². The van der Waals surface area contributed by atoms with Crippen molar-refractivity contribution in [1.82, 2.24) is 4.72 Å². The number of hydrogen-bond acceptors (Lipinski definition) is 5. The minimum Gasteiger partial charge on any atom is -0.465 e. The highest BCUT2D eigenvalue weighted by Gasteiger charge is 2.18. The molecular formula is C12H16F2N2O4S. The van der Waals surface area contributed by atoms with Crippen LogP contribution in [0.25, 0.3) is 0 Å². The van der Waals surface area contributed by atoms with Crippen LogP contribution in [-0.4, -0.2) is 40.8 Å². The van der Waals surface area contributed by atoms with Crippen molar-refractivity contribution in [2.24, 2.45) is 0 Å². The van der Waals surface area contributed by atoms with Gasteiger partial charge in [-0.1, -0.05) is 0 Å². The Balaban J connectivity index is 2.61. The highest BCUT2D eigenvalue weighted by atomic mass is 32.2. The maximum Gasteiger partial charge on any atom is 0.340 e. The zero-order valence-corrected chi connectivity index (χ0v) is 12.4. The van der Waals surface area contributed by atoms with Crippen LogP contribution in [0, 0.1) is 11.6 Å². The number of carbonyl (C=O) groups is 1. The predicted octanol–water partition coefficient (Wildman–Crippen LogP) is 1.10. The minimum absolute atomic E-state index is 0.112. The largest absolute Gasteiger partial charge is 0.465 e. The Morgan fingerprint density at radius 2 is 1.90 bits per heavy atom. The Morgan fingerprint density at radius 3 is 2.48 bits per heavy atom. The van der Waals surface area contributed by atoms with Crippen LogP contribution in [0.5, 0.6) is 0 Å². The van der Waals surface area contributed by atoms with E-state index in [1.807, 2.05) is 0 Å². The van der Waals surface area contributed by atoms with Gasteiger partial charge in [0, 0.05) is 13.1 Å². The molecule has 0 saturated carbocycles. The van der Waals surface area contributed by atoms with Crippen LogP contribution in [0.2, 0.25) is 0 Å². The first-order chi connectivity index (χ1) is 9.76. The van der Waals surface area contributed by atoms with E-state index in [9.17, 15) is 22.0 Å². The number of benzene rings is 1. The van der Waals surface area contributed by atoms with Gasteiger partial charge in [-0.2, -0.15) is 0 Å². The van der Waals surface area contributed by atoms with Crippen LogP contribution in [0.4, 0.5) is 14.5 Å². The van der Waals surface area contributed by atoms with E-state index in [4.69, 9.17) is 0 Å². The van der Waals surface area contributed by atoms with Gasteiger partial charge in [0.2, 0.25) is 10.0 Å². The number of halogens is 2. The Bertz CT molecular complexity index is 620. The van der Waals surface area contributed by atoms with Crippen LogP contribution >= 0.6 is 0 Å². The number of ether oxygens (including phenoxy) is 1. The van der Waals surface area contributed by atoms with E-state index in [0.29, 0.717) is 6.42 Å². The van der Waals surface area contributed by atoms with Gasteiger partial charge in [0.1, 0.15) is 0 Å². The van der Waals surface area contributed by atoms with E-state index in [-0.39, 0.29) is 18.8 Å². The third-order valence-electron chi connectivity index (χ3n) is 2.52. The average molecular weight is 322 g/mol. The summed E-state index contributed by atoms with van der Waals surface area (Å²) in [5.74, 6) is -3.44. The standard InChI is InChI=1S/C12H16F2N2O4S/c1-20-12(17)8-4-5-9(11(14)10(8)13)15-6-3-7-16-21(2,18)19/h4-5,15-16H,3,6-7H2,1-2H3. The van der Waals surface area contributed by atoms with E-state index >= 15 is 0 Å². The summed E-state index contributed by atoms with van der Waals surface area (Å²) in [6, 6.07) is 2.33. The third-order valence-corrected chi connectivity index (χ3v) is 3.25. The Morgan fingerprint density at radius 1 is 1.24 bits per heavy atom. The molecule has 0 aromatic heterocycles. The lowest BCUT2D eigenvalue weighted by atomic mass is 10.1. The topological polar surface area (TPSA) is 84.5 Å². The normalized spacial score (nSPS) is 11.2. The Labute approximate surface area is 121 Å². The number of carbonyl (C=O) groups excluding carboxylic acids is 1. The van der Waals surface area contributed by atoms with E-state index in [1.54, 1.807) is 0 Å². The zero-order chi connectivity index (χ0) is 16.0. The molecule has 1 aromatic rings. The van der Waals surface area contributed by atoms with E-state index in [0.717, 1.165) is 19.4 Å². The highest BCUT2D eigenvalue weighted by molar-refractivity contribution is 7.88. The molecule has 0 radical (unpaired) electrons. The molecule has 0 spiro atoms. The van der Waals surface area contributed by atoms with Crippen molar-refractivity contribution in [3.8, 4) is 0 Å². The summed E-state index contributed by atoms with van der Waals surface area (Å²) in [6.07, 6.45) is 1.41. The lowest BCUT2D eigenvalue weighted by molar-refractivity contribution is 0.0594. The van der Waals surface area contributed by atoms with Crippen molar-refractivity contribution in [1.29, 1.82) is 0 Å². The van der Waals surface area contributed by atoms with Gasteiger partial charge in [0.25, 0.3) is 0 Å². The first-order valence-corrected chi connectivity index (χ1v) is 7.90. The molecule has 1 rings (SSSR count). The first-order valence-electron chi connectivity index (χ1n) is 6.01. The molecule has 0 atom stereocenters. The number of hydrogen-bond donors (Lipinski definition) is 2. The molecule has 2 N–H and O–H groups in total. The van der Waals surface area contributed by atoms with Crippen molar-refractivity contribution in [2.45, 2.75) is 6.42 Å². The van der Waals surface area contributed by atoms with Crippen molar-refractivity contribution >= 4 is 21.7 Å². The second kappa shape index (κ2) is 7.32. The summed E-state index contributed by atoms with van der Waals surface area (Å²) in [7, 11) is -2.20.